The van der Waals surface area contributed by atoms with Gasteiger partial charge in [0.05, 0.1) is 12.0 Å². The van der Waals surface area contributed by atoms with E-state index in [-0.39, 0.29) is 12.0 Å². The summed E-state index contributed by atoms with van der Waals surface area (Å²) in [5.74, 6) is -0.0180. The van der Waals surface area contributed by atoms with Crippen LogP contribution in [0.25, 0.3) is 0 Å². The molecule has 1 aliphatic rings. The number of primary amides is 1. The van der Waals surface area contributed by atoms with Crippen LogP contribution in [-0.4, -0.2) is 25.2 Å². The predicted molar refractivity (Wildman–Crippen MR) is 43.1 cm³/mol. The first-order chi connectivity index (χ1) is 5.72. The van der Waals surface area contributed by atoms with E-state index in [1.807, 2.05) is 0 Å². The summed E-state index contributed by atoms with van der Waals surface area (Å²) in [4.78, 5) is 10.5. The molecule has 0 aromatic rings. The van der Waals surface area contributed by atoms with Gasteiger partial charge in [0, 0.05) is 19.1 Å². The lowest BCUT2D eigenvalue weighted by Gasteiger charge is -2.26. The second kappa shape index (κ2) is 3.93. The second-order valence-corrected chi connectivity index (χ2v) is 2.93. The van der Waals surface area contributed by atoms with Gasteiger partial charge in [-0.1, -0.05) is 0 Å². The predicted octanol–water partition coefficient (Wildman–Crippen LogP) is -0.844. The molecule has 2 amide bonds. The van der Waals surface area contributed by atoms with E-state index in [1.54, 1.807) is 0 Å². The SMILES string of the molecule is N#CC1CNCC(NC(N)=O)C1. The Bertz CT molecular complexity index is 210. The molecule has 5 heteroatoms. The van der Waals surface area contributed by atoms with E-state index < -0.39 is 6.03 Å². The molecule has 0 spiro atoms. The minimum absolute atomic E-state index is 0.000833. The van der Waals surface area contributed by atoms with Crippen molar-refractivity contribution < 1.29 is 4.79 Å². The van der Waals surface area contributed by atoms with Crippen molar-refractivity contribution >= 4 is 6.03 Å². The standard InChI is InChI=1S/C7H12N4O/c8-2-5-1-6(4-10-3-5)11-7(9)12/h5-6,10H,1,3-4H2,(H3,9,11,12). The van der Waals surface area contributed by atoms with Crippen LogP contribution in [0, 0.1) is 17.2 Å². The number of nitrogens with two attached hydrogens (primary N) is 1. The molecular weight excluding hydrogens is 156 g/mol. The molecule has 0 aliphatic carbocycles. The maximum Gasteiger partial charge on any atom is 0.312 e. The van der Waals surface area contributed by atoms with Crippen molar-refractivity contribution in [2.45, 2.75) is 12.5 Å². The van der Waals surface area contributed by atoms with Crippen LogP contribution in [0.15, 0.2) is 0 Å². The van der Waals surface area contributed by atoms with E-state index in [9.17, 15) is 4.79 Å². The Morgan fingerprint density at radius 2 is 2.42 bits per heavy atom. The summed E-state index contributed by atoms with van der Waals surface area (Å²) in [5.41, 5.74) is 4.95. The maximum absolute atomic E-state index is 10.5. The Balaban J connectivity index is 2.36. The van der Waals surface area contributed by atoms with Gasteiger partial charge < -0.3 is 16.4 Å². The van der Waals surface area contributed by atoms with Gasteiger partial charge in [-0.2, -0.15) is 5.26 Å². The highest BCUT2D eigenvalue weighted by molar-refractivity contribution is 5.72. The van der Waals surface area contributed by atoms with Crippen LogP contribution in [0.1, 0.15) is 6.42 Å². The van der Waals surface area contributed by atoms with Crippen molar-refractivity contribution in [3.05, 3.63) is 0 Å². The number of carbonyl (C=O) groups is 1. The van der Waals surface area contributed by atoms with Crippen LogP contribution >= 0.6 is 0 Å². The number of nitrogens with zero attached hydrogens (tertiary/aromatic N) is 1. The average molecular weight is 168 g/mol. The minimum atomic E-state index is -0.527. The van der Waals surface area contributed by atoms with E-state index in [2.05, 4.69) is 16.7 Å². The minimum Gasteiger partial charge on any atom is -0.352 e. The Kier molecular flexibility index (Phi) is 2.88. The molecule has 0 radical (unpaired) electrons. The molecule has 2 unspecified atom stereocenters. The van der Waals surface area contributed by atoms with E-state index >= 15 is 0 Å². The highest BCUT2D eigenvalue weighted by Crippen LogP contribution is 2.08. The number of nitrogens with one attached hydrogen (secondary N) is 2. The van der Waals surface area contributed by atoms with Gasteiger partial charge in [0.2, 0.25) is 0 Å². The van der Waals surface area contributed by atoms with E-state index in [0.717, 1.165) is 0 Å². The normalized spacial score (nSPS) is 28.9. The highest BCUT2D eigenvalue weighted by atomic mass is 16.2. The molecule has 5 nitrogen and oxygen atoms in total. The van der Waals surface area contributed by atoms with Crippen molar-refractivity contribution in [2.75, 3.05) is 13.1 Å². The molecule has 66 valence electrons. The van der Waals surface area contributed by atoms with Gasteiger partial charge >= 0.3 is 6.03 Å². The van der Waals surface area contributed by atoms with Gasteiger partial charge in [-0.3, -0.25) is 0 Å². The number of hydrogen-bond donors (Lipinski definition) is 3. The number of piperidine rings is 1. The zero-order chi connectivity index (χ0) is 8.97. The van der Waals surface area contributed by atoms with E-state index in [1.165, 1.54) is 0 Å². The van der Waals surface area contributed by atoms with Crippen LogP contribution in [0.2, 0.25) is 0 Å². The largest absolute Gasteiger partial charge is 0.352 e. The van der Waals surface area contributed by atoms with Gasteiger partial charge in [-0.05, 0) is 6.42 Å². The number of amides is 2. The zero-order valence-corrected chi connectivity index (χ0v) is 6.71. The molecule has 0 saturated carbocycles. The molecule has 1 aliphatic heterocycles. The van der Waals surface area contributed by atoms with E-state index in [4.69, 9.17) is 11.0 Å². The third-order valence-electron chi connectivity index (χ3n) is 1.88. The van der Waals surface area contributed by atoms with E-state index in [0.29, 0.717) is 19.5 Å². The summed E-state index contributed by atoms with van der Waals surface area (Å²) >= 11 is 0. The topological polar surface area (TPSA) is 90.9 Å². The van der Waals surface area contributed by atoms with Crippen LogP contribution in [-0.2, 0) is 0 Å². The number of nitriles is 1. The lowest BCUT2D eigenvalue weighted by atomic mass is 9.97. The van der Waals surface area contributed by atoms with Crippen LogP contribution < -0.4 is 16.4 Å². The van der Waals surface area contributed by atoms with Crippen molar-refractivity contribution in [1.29, 1.82) is 5.26 Å². The number of hydrogen-bond acceptors (Lipinski definition) is 3. The van der Waals surface area contributed by atoms with Crippen molar-refractivity contribution in [2.24, 2.45) is 11.7 Å². The fourth-order valence-corrected chi connectivity index (χ4v) is 1.35. The smallest absolute Gasteiger partial charge is 0.312 e. The first-order valence-corrected chi connectivity index (χ1v) is 3.88. The summed E-state index contributed by atoms with van der Waals surface area (Å²) < 4.78 is 0. The highest BCUT2D eigenvalue weighted by Gasteiger charge is 2.21. The van der Waals surface area contributed by atoms with Gasteiger partial charge in [0.1, 0.15) is 0 Å². The van der Waals surface area contributed by atoms with Gasteiger partial charge in [0.15, 0.2) is 0 Å². The fourth-order valence-electron chi connectivity index (χ4n) is 1.35. The Hall–Kier alpha value is -1.28. The van der Waals surface area contributed by atoms with Crippen molar-refractivity contribution in [3.63, 3.8) is 0 Å². The molecular formula is C7H12N4O. The van der Waals surface area contributed by atoms with Crippen LogP contribution in [0.5, 0.6) is 0 Å². The Labute approximate surface area is 70.9 Å². The molecule has 1 saturated heterocycles. The molecule has 1 rings (SSSR count). The summed E-state index contributed by atoms with van der Waals surface area (Å²) in [5, 5.41) is 14.2. The molecule has 0 aromatic heterocycles. The molecule has 4 N–H and O–H groups in total. The monoisotopic (exact) mass is 168 g/mol. The van der Waals surface area contributed by atoms with Crippen LogP contribution in [0.4, 0.5) is 4.79 Å². The number of carbonyl (C=O) groups excluding carboxylic acids is 1. The average Bonchev–Trinajstić information content (AvgIpc) is 2.03. The summed E-state index contributed by atoms with van der Waals surface area (Å²) in [6.07, 6.45) is 0.687. The van der Waals surface area contributed by atoms with Gasteiger partial charge in [-0.25, -0.2) is 4.79 Å². The number of urea groups is 1. The summed E-state index contributed by atoms with van der Waals surface area (Å²) in [7, 11) is 0. The second-order valence-electron chi connectivity index (χ2n) is 2.93. The maximum atomic E-state index is 10.5. The zero-order valence-electron chi connectivity index (χ0n) is 6.71. The van der Waals surface area contributed by atoms with Crippen LogP contribution in [0.3, 0.4) is 0 Å². The first kappa shape index (κ1) is 8.81. The molecule has 12 heavy (non-hydrogen) atoms. The molecule has 1 fully saturated rings. The number of rotatable bonds is 1. The lowest BCUT2D eigenvalue weighted by molar-refractivity contribution is 0.240. The first-order valence-electron chi connectivity index (χ1n) is 3.88. The Morgan fingerprint density at radius 3 is 3.00 bits per heavy atom. The summed E-state index contributed by atoms with van der Waals surface area (Å²) in [6, 6.07) is 1.63. The quantitative estimate of drug-likeness (QED) is 0.476. The Morgan fingerprint density at radius 1 is 1.67 bits per heavy atom. The van der Waals surface area contributed by atoms with Gasteiger partial charge in [-0.15, -0.1) is 0 Å². The molecule has 0 bridgehead atoms. The van der Waals surface area contributed by atoms with Crippen molar-refractivity contribution in [3.8, 4) is 6.07 Å². The fraction of sp³-hybridized carbons (Fsp3) is 0.714. The molecule has 2 atom stereocenters. The third kappa shape index (κ3) is 2.40. The lowest BCUT2D eigenvalue weighted by Crippen LogP contribution is -2.50. The summed E-state index contributed by atoms with van der Waals surface area (Å²) in [6.45, 7) is 1.40. The van der Waals surface area contributed by atoms with Gasteiger partial charge in [0.25, 0.3) is 0 Å². The third-order valence-corrected chi connectivity index (χ3v) is 1.88. The van der Waals surface area contributed by atoms with Crippen molar-refractivity contribution in [1.82, 2.24) is 10.6 Å². The molecule has 0 aromatic carbocycles. The molecule has 1 heterocycles.